The van der Waals surface area contributed by atoms with E-state index in [-0.39, 0.29) is 17.6 Å². The van der Waals surface area contributed by atoms with Gasteiger partial charge in [-0.1, -0.05) is 13.3 Å². The molecular formula is C25H30N2O6. The summed E-state index contributed by atoms with van der Waals surface area (Å²) < 4.78 is 16.1. The number of H-pyrrole nitrogens is 1. The summed E-state index contributed by atoms with van der Waals surface area (Å²) in [5.74, 6) is 0.606. The van der Waals surface area contributed by atoms with Gasteiger partial charge in [0.15, 0.2) is 17.3 Å². The van der Waals surface area contributed by atoms with Crippen LogP contribution in [0.4, 0.5) is 0 Å². The number of aromatic amines is 1. The lowest BCUT2D eigenvalue weighted by molar-refractivity contribution is 0.0598. The predicted octanol–water partition coefficient (Wildman–Crippen LogP) is 3.57. The van der Waals surface area contributed by atoms with Crippen LogP contribution in [-0.2, 0) is 11.2 Å². The molecule has 1 saturated heterocycles. The summed E-state index contributed by atoms with van der Waals surface area (Å²) in [5.41, 5.74) is 2.85. The number of nitrogens with one attached hydrogen (secondary N) is 1. The zero-order valence-electron chi connectivity index (χ0n) is 19.4. The Morgan fingerprint density at radius 3 is 2.48 bits per heavy atom. The van der Waals surface area contributed by atoms with Crippen LogP contribution in [-0.4, -0.2) is 61.0 Å². The van der Waals surface area contributed by atoms with Crippen LogP contribution in [0.3, 0.4) is 0 Å². The predicted molar refractivity (Wildman–Crippen MR) is 121 cm³/mol. The molecule has 2 aromatic rings. The van der Waals surface area contributed by atoms with Crippen molar-refractivity contribution in [1.82, 2.24) is 9.88 Å². The number of hydrogen-bond acceptors (Lipinski definition) is 6. The van der Waals surface area contributed by atoms with Gasteiger partial charge in [0.25, 0.3) is 5.91 Å². The Kier molecular flexibility index (Phi) is 6.72. The Balaban J connectivity index is 1.45. The van der Waals surface area contributed by atoms with E-state index in [0.29, 0.717) is 85.1 Å². The van der Waals surface area contributed by atoms with Gasteiger partial charge in [0.2, 0.25) is 0 Å². The number of fused-ring (bicyclic) bond motifs is 1. The Morgan fingerprint density at radius 2 is 1.82 bits per heavy atom. The molecule has 0 unspecified atom stereocenters. The first-order valence-electron chi connectivity index (χ1n) is 11.5. The fourth-order valence-corrected chi connectivity index (χ4v) is 4.67. The number of rotatable bonds is 6. The fourth-order valence-electron chi connectivity index (χ4n) is 4.67. The number of Topliss-reactive ketones (excluding diaryl/α,β-unsaturated/α-hetero) is 1. The third-order valence-electron chi connectivity index (χ3n) is 6.37. The summed E-state index contributed by atoms with van der Waals surface area (Å²) in [5, 5.41) is 0. The Morgan fingerprint density at radius 1 is 1.12 bits per heavy atom. The lowest BCUT2D eigenvalue weighted by Crippen LogP contribution is -2.40. The molecule has 2 aliphatic rings. The first kappa shape index (κ1) is 22.9. The first-order valence-corrected chi connectivity index (χ1v) is 11.5. The van der Waals surface area contributed by atoms with Crippen molar-refractivity contribution in [1.29, 1.82) is 0 Å². The number of esters is 1. The monoisotopic (exact) mass is 454 g/mol. The number of benzene rings is 1. The van der Waals surface area contributed by atoms with Gasteiger partial charge in [-0.2, -0.15) is 0 Å². The van der Waals surface area contributed by atoms with Crippen LogP contribution in [0.5, 0.6) is 11.5 Å². The summed E-state index contributed by atoms with van der Waals surface area (Å²) in [7, 11) is 1.34. The number of amides is 1. The molecule has 1 amide bonds. The van der Waals surface area contributed by atoms with Crippen LogP contribution in [0.25, 0.3) is 0 Å². The van der Waals surface area contributed by atoms with Crippen molar-refractivity contribution in [3.05, 3.63) is 46.3 Å². The number of nitrogens with zero attached hydrogens (tertiary/aromatic N) is 1. The molecule has 0 radical (unpaired) electrons. The van der Waals surface area contributed by atoms with Crippen molar-refractivity contribution in [2.45, 2.75) is 39.5 Å². The zero-order chi connectivity index (χ0) is 23.5. The molecule has 1 fully saturated rings. The van der Waals surface area contributed by atoms with E-state index < -0.39 is 5.97 Å². The van der Waals surface area contributed by atoms with E-state index >= 15 is 0 Å². The van der Waals surface area contributed by atoms with E-state index in [2.05, 4.69) is 4.98 Å². The number of methoxy groups -OCH3 is 1. The van der Waals surface area contributed by atoms with Crippen LogP contribution in [0.15, 0.2) is 18.2 Å². The summed E-state index contributed by atoms with van der Waals surface area (Å²) in [4.78, 5) is 43.5. The second kappa shape index (κ2) is 9.68. The first-order chi connectivity index (χ1) is 15.9. The number of likely N-dealkylation sites (tertiary alicyclic amines) is 1. The molecule has 3 heterocycles. The molecule has 33 heavy (non-hydrogen) atoms. The summed E-state index contributed by atoms with van der Waals surface area (Å²) in [6.07, 6.45) is 2.58. The number of aryl methyl sites for hydroxylation is 1. The van der Waals surface area contributed by atoms with Crippen LogP contribution >= 0.6 is 0 Å². The minimum absolute atomic E-state index is 0.0643. The van der Waals surface area contributed by atoms with Crippen LogP contribution in [0.2, 0.25) is 0 Å². The summed E-state index contributed by atoms with van der Waals surface area (Å²) in [6, 6.07) is 5.31. The average molecular weight is 455 g/mol. The topological polar surface area (TPSA) is 97.9 Å². The van der Waals surface area contributed by atoms with Gasteiger partial charge in [0.05, 0.1) is 12.7 Å². The summed E-state index contributed by atoms with van der Waals surface area (Å²) in [6.45, 7) is 5.73. The lowest BCUT2D eigenvalue weighted by Gasteiger charge is -2.31. The van der Waals surface area contributed by atoms with Gasteiger partial charge in [0, 0.05) is 30.3 Å². The molecule has 8 nitrogen and oxygen atoms in total. The number of ketones is 1. The molecule has 2 aliphatic heterocycles. The van der Waals surface area contributed by atoms with Crippen molar-refractivity contribution in [2.24, 2.45) is 5.92 Å². The molecule has 176 valence electrons. The van der Waals surface area contributed by atoms with Crippen LogP contribution < -0.4 is 9.47 Å². The van der Waals surface area contributed by atoms with Gasteiger partial charge >= 0.3 is 5.97 Å². The Bertz CT molecular complexity index is 1070. The van der Waals surface area contributed by atoms with Crippen LogP contribution in [0.1, 0.15) is 68.6 Å². The third-order valence-corrected chi connectivity index (χ3v) is 6.37. The summed E-state index contributed by atoms with van der Waals surface area (Å²) >= 11 is 0. The zero-order valence-corrected chi connectivity index (χ0v) is 19.4. The highest BCUT2D eigenvalue weighted by molar-refractivity contribution is 6.01. The van der Waals surface area contributed by atoms with Crippen molar-refractivity contribution in [3.63, 3.8) is 0 Å². The van der Waals surface area contributed by atoms with Crippen LogP contribution in [0, 0.1) is 12.8 Å². The smallest absolute Gasteiger partial charge is 0.339 e. The molecule has 0 bridgehead atoms. The Labute approximate surface area is 193 Å². The fraction of sp³-hybridized carbons (Fsp3) is 0.480. The average Bonchev–Trinajstić information content (AvgIpc) is 3.18. The molecule has 0 aliphatic carbocycles. The van der Waals surface area contributed by atoms with Gasteiger partial charge in [-0.3, -0.25) is 9.59 Å². The number of carbonyl (C=O) groups is 3. The molecule has 0 saturated carbocycles. The number of aromatic nitrogens is 1. The van der Waals surface area contributed by atoms with Gasteiger partial charge in [-0.05, 0) is 49.9 Å². The minimum Gasteiger partial charge on any atom is -0.486 e. The normalized spacial score (nSPS) is 15.9. The van der Waals surface area contributed by atoms with E-state index in [1.165, 1.54) is 7.11 Å². The molecule has 1 N–H and O–H groups in total. The van der Waals surface area contributed by atoms with Gasteiger partial charge in [-0.25, -0.2) is 4.79 Å². The molecule has 1 aromatic heterocycles. The standard InChI is InChI=1S/C25H30N2O6/c1-4-5-18-21(25(30)31-3)15(2)26-22(18)24(29)27-10-8-16(9-11-27)23(28)17-6-7-19-20(14-17)33-13-12-32-19/h6-7,14,16,26H,4-5,8-13H2,1-3H3. The molecule has 8 heteroatoms. The quantitative estimate of drug-likeness (QED) is 0.529. The lowest BCUT2D eigenvalue weighted by atomic mass is 9.88. The molecular weight excluding hydrogens is 424 g/mol. The number of carbonyl (C=O) groups excluding carboxylic acids is 3. The maximum Gasteiger partial charge on any atom is 0.339 e. The van der Waals surface area contributed by atoms with Crippen molar-refractivity contribution in [3.8, 4) is 11.5 Å². The Hall–Kier alpha value is -3.29. The van der Waals surface area contributed by atoms with E-state index in [9.17, 15) is 14.4 Å². The number of hydrogen-bond donors (Lipinski definition) is 1. The SMILES string of the molecule is CCCc1c(C(=O)N2CCC(C(=O)c3ccc4c(c3)OCCO4)CC2)[nH]c(C)c1C(=O)OC. The van der Waals surface area contributed by atoms with Crippen molar-refractivity contribution < 1.29 is 28.6 Å². The van der Waals surface area contributed by atoms with E-state index in [4.69, 9.17) is 14.2 Å². The minimum atomic E-state index is -0.435. The van der Waals surface area contributed by atoms with Crippen molar-refractivity contribution in [2.75, 3.05) is 33.4 Å². The van der Waals surface area contributed by atoms with Crippen molar-refractivity contribution >= 4 is 17.7 Å². The second-order valence-electron chi connectivity index (χ2n) is 8.51. The van der Waals surface area contributed by atoms with Gasteiger partial charge in [0.1, 0.15) is 18.9 Å². The maximum absolute atomic E-state index is 13.3. The number of piperidine rings is 1. The third kappa shape index (κ3) is 4.47. The number of ether oxygens (including phenoxy) is 3. The molecule has 4 rings (SSSR count). The second-order valence-corrected chi connectivity index (χ2v) is 8.51. The van der Waals surface area contributed by atoms with E-state index in [1.54, 1.807) is 30.0 Å². The highest BCUT2D eigenvalue weighted by Gasteiger charge is 2.32. The molecule has 0 atom stereocenters. The highest BCUT2D eigenvalue weighted by Crippen LogP contribution is 2.33. The van der Waals surface area contributed by atoms with E-state index in [0.717, 1.165) is 6.42 Å². The molecule has 0 spiro atoms. The highest BCUT2D eigenvalue weighted by atomic mass is 16.6. The largest absolute Gasteiger partial charge is 0.486 e. The maximum atomic E-state index is 13.3. The molecule has 1 aromatic carbocycles. The van der Waals surface area contributed by atoms with Gasteiger partial charge in [-0.15, -0.1) is 0 Å². The van der Waals surface area contributed by atoms with Gasteiger partial charge < -0.3 is 24.1 Å². The van der Waals surface area contributed by atoms with E-state index in [1.807, 2.05) is 6.92 Å².